The molecule has 2 heterocycles. The quantitative estimate of drug-likeness (QED) is 0.495. The van der Waals surface area contributed by atoms with Crippen LogP contribution in [0.4, 0.5) is 0 Å². The lowest BCUT2D eigenvalue weighted by Gasteiger charge is -2.30. The Labute approximate surface area is 72.6 Å². The molecule has 64 valence electrons. The number of hydrogen-bond acceptors (Lipinski definition) is 1. The Morgan fingerprint density at radius 1 is 1.25 bits per heavy atom. The van der Waals surface area contributed by atoms with E-state index in [1.54, 1.807) is 6.08 Å². The smallest absolute Gasteiger partial charge is 0.246 e. The Morgan fingerprint density at radius 2 is 2.08 bits per heavy atom. The van der Waals surface area contributed by atoms with E-state index in [0.29, 0.717) is 6.04 Å². The molecule has 0 spiro atoms. The zero-order valence-electron chi connectivity index (χ0n) is 7.07. The van der Waals surface area contributed by atoms with Crippen LogP contribution in [0.5, 0.6) is 0 Å². The van der Waals surface area contributed by atoms with Crippen LogP contribution in [0.15, 0.2) is 24.3 Å². The molecule has 1 amide bonds. The zero-order chi connectivity index (χ0) is 8.39. The maximum atomic E-state index is 11.4. The molecule has 1 atom stereocenters. The molecule has 2 aliphatic rings. The third kappa shape index (κ3) is 1.29. The van der Waals surface area contributed by atoms with Crippen molar-refractivity contribution in [3.05, 3.63) is 24.3 Å². The summed E-state index contributed by atoms with van der Waals surface area (Å²) in [5.74, 6) is 0.190. The van der Waals surface area contributed by atoms with Gasteiger partial charge in [-0.05, 0) is 25.3 Å². The molecule has 0 saturated carbocycles. The molecule has 0 saturated heterocycles. The summed E-state index contributed by atoms with van der Waals surface area (Å²) >= 11 is 0. The SMILES string of the molecule is O=C1C=CCC2CC=CCCN12. The van der Waals surface area contributed by atoms with Crippen LogP contribution in [0, 0.1) is 0 Å². The molecule has 0 N–H and O–H groups in total. The Hall–Kier alpha value is -1.05. The van der Waals surface area contributed by atoms with Gasteiger partial charge in [0, 0.05) is 12.6 Å². The van der Waals surface area contributed by atoms with Gasteiger partial charge in [0.15, 0.2) is 0 Å². The van der Waals surface area contributed by atoms with E-state index in [-0.39, 0.29) is 5.91 Å². The van der Waals surface area contributed by atoms with E-state index in [1.807, 2.05) is 11.0 Å². The van der Waals surface area contributed by atoms with E-state index < -0.39 is 0 Å². The van der Waals surface area contributed by atoms with Crippen LogP contribution < -0.4 is 0 Å². The van der Waals surface area contributed by atoms with E-state index in [0.717, 1.165) is 25.8 Å². The summed E-state index contributed by atoms with van der Waals surface area (Å²) in [5, 5.41) is 0. The van der Waals surface area contributed by atoms with Gasteiger partial charge in [0.25, 0.3) is 0 Å². The molecule has 0 aromatic rings. The minimum absolute atomic E-state index is 0.190. The molecule has 2 nitrogen and oxygen atoms in total. The predicted molar refractivity (Wildman–Crippen MR) is 47.6 cm³/mol. The Balaban J connectivity index is 2.17. The highest BCUT2D eigenvalue weighted by Crippen LogP contribution is 2.18. The molecular formula is C10H13NO. The lowest BCUT2D eigenvalue weighted by molar-refractivity contribution is -0.128. The molecule has 0 radical (unpaired) electrons. The molecule has 0 aliphatic carbocycles. The van der Waals surface area contributed by atoms with Crippen molar-refractivity contribution in [3.8, 4) is 0 Å². The number of amides is 1. The molecule has 12 heavy (non-hydrogen) atoms. The van der Waals surface area contributed by atoms with Gasteiger partial charge in [-0.3, -0.25) is 4.79 Å². The Morgan fingerprint density at radius 3 is 3.00 bits per heavy atom. The molecule has 0 bridgehead atoms. The van der Waals surface area contributed by atoms with Gasteiger partial charge < -0.3 is 4.90 Å². The first-order chi connectivity index (χ1) is 5.88. The van der Waals surface area contributed by atoms with Crippen LogP contribution in [-0.2, 0) is 4.79 Å². The Bertz CT molecular complexity index is 242. The highest BCUT2D eigenvalue weighted by molar-refractivity contribution is 5.88. The first kappa shape index (κ1) is 7.59. The van der Waals surface area contributed by atoms with Crippen LogP contribution in [0.2, 0.25) is 0 Å². The van der Waals surface area contributed by atoms with E-state index in [2.05, 4.69) is 12.2 Å². The van der Waals surface area contributed by atoms with Crippen molar-refractivity contribution >= 4 is 5.91 Å². The van der Waals surface area contributed by atoms with Gasteiger partial charge in [-0.2, -0.15) is 0 Å². The lowest BCUT2D eigenvalue weighted by atomic mass is 10.1. The highest BCUT2D eigenvalue weighted by atomic mass is 16.2. The van der Waals surface area contributed by atoms with Gasteiger partial charge in [-0.25, -0.2) is 0 Å². The maximum Gasteiger partial charge on any atom is 0.246 e. The first-order valence-corrected chi connectivity index (χ1v) is 4.50. The number of nitrogens with zero attached hydrogens (tertiary/aromatic N) is 1. The Kier molecular flexibility index (Phi) is 1.98. The van der Waals surface area contributed by atoms with Gasteiger partial charge in [0.1, 0.15) is 0 Å². The van der Waals surface area contributed by atoms with Crippen LogP contribution in [0.3, 0.4) is 0 Å². The monoisotopic (exact) mass is 163 g/mol. The summed E-state index contributed by atoms with van der Waals surface area (Å²) in [6.45, 7) is 0.893. The minimum Gasteiger partial charge on any atom is -0.335 e. The topological polar surface area (TPSA) is 20.3 Å². The molecule has 1 unspecified atom stereocenters. The van der Waals surface area contributed by atoms with Crippen molar-refractivity contribution in [2.75, 3.05) is 6.54 Å². The van der Waals surface area contributed by atoms with E-state index in [4.69, 9.17) is 0 Å². The van der Waals surface area contributed by atoms with Crippen LogP contribution in [0.1, 0.15) is 19.3 Å². The summed E-state index contributed by atoms with van der Waals surface area (Å²) in [6.07, 6.45) is 11.1. The normalized spacial score (nSPS) is 28.5. The van der Waals surface area contributed by atoms with Crippen molar-refractivity contribution in [2.24, 2.45) is 0 Å². The van der Waals surface area contributed by atoms with Crippen LogP contribution in [-0.4, -0.2) is 23.4 Å². The minimum atomic E-state index is 0.190. The number of rotatable bonds is 0. The third-order valence-corrected chi connectivity index (χ3v) is 2.50. The third-order valence-electron chi connectivity index (χ3n) is 2.50. The second kappa shape index (κ2) is 3.13. The number of carbonyl (C=O) groups is 1. The van der Waals surface area contributed by atoms with Crippen molar-refractivity contribution < 1.29 is 4.79 Å². The van der Waals surface area contributed by atoms with Gasteiger partial charge >= 0.3 is 0 Å². The second-order valence-corrected chi connectivity index (χ2v) is 3.32. The number of carbonyl (C=O) groups excluding carboxylic acids is 1. The van der Waals surface area contributed by atoms with Crippen molar-refractivity contribution in [1.82, 2.24) is 4.90 Å². The molecule has 2 rings (SSSR count). The average Bonchev–Trinajstić information content (AvgIpc) is 2.30. The predicted octanol–water partition coefficient (Wildman–Crippen LogP) is 1.49. The highest BCUT2D eigenvalue weighted by Gasteiger charge is 2.23. The van der Waals surface area contributed by atoms with Crippen molar-refractivity contribution in [2.45, 2.75) is 25.3 Å². The van der Waals surface area contributed by atoms with E-state index in [1.165, 1.54) is 0 Å². The summed E-state index contributed by atoms with van der Waals surface area (Å²) in [7, 11) is 0. The molecule has 0 fully saturated rings. The molecular weight excluding hydrogens is 150 g/mol. The first-order valence-electron chi connectivity index (χ1n) is 4.50. The molecule has 2 aliphatic heterocycles. The van der Waals surface area contributed by atoms with Gasteiger partial charge in [0.05, 0.1) is 0 Å². The van der Waals surface area contributed by atoms with Crippen molar-refractivity contribution in [3.63, 3.8) is 0 Å². The summed E-state index contributed by atoms with van der Waals surface area (Å²) in [5.41, 5.74) is 0. The fourth-order valence-electron chi connectivity index (χ4n) is 1.83. The van der Waals surface area contributed by atoms with E-state index in [9.17, 15) is 4.79 Å². The van der Waals surface area contributed by atoms with Crippen LogP contribution >= 0.6 is 0 Å². The van der Waals surface area contributed by atoms with Crippen LogP contribution in [0.25, 0.3) is 0 Å². The molecule has 0 aromatic heterocycles. The number of fused-ring (bicyclic) bond motifs is 1. The standard InChI is InChI=1S/C10H13NO/c12-10-7-4-6-9-5-2-1-3-8-11(9)10/h1-2,4,7,9H,3,5-6,8H2. The average molecular weight is 163 g/mol. The molecule has 2 heteroatoms. The van der Waals surface area contributed by atoms with Crippen molar-refractivity contribution in [1.29, 1.82) is 0 Å². The van der Waals surface area contributed by atoms with Gasteiger partial charge in [-0.1, -0.05) is 18.2 Å². The maximum absolute atomic E-state index is 11.4. The largest absolute Gasteiger partial charge is 0.335 e. The fraction of sp³-hybridized carbons (Fsp3) is 0.500. The summed E-state index contributed by atoms with van der Waals surface area (Å²) in [4.78, 5) is 13.4. The fourth-order valence-corrected chi connectivity index (χ4v) is 1.83. The molecule has 0 aromatic carbocycles. The van der Waals surface area contributed by atoms with Gasteiger partial charge in [0.2, 0.25) is 5.91 Å². The summed E-state index contributed by atoms with van der Waals surface area (Å²) in [6, 6.07) is 0.432. The summed E-state index contributed by atoms with van der Waals surface area (Å²) < 4.78 is 0. The van der Waals surface area contributed by atoms with Gasteiger partial charge in [-0.15, -0.1) is 0 Å². The zero-order valence-corrected chi connectivity index (χ0v) is 7.07. The van der Waals surface area contributed by atoms with E-state index >= 15 is 0 Å². The second-order valence-electron chi connectivity index (χ2n) is 3.32. The number of hydrogen-bond donors (Lipinski definition) is 0. The lowest BCUT2D eigenvalue weighted by Crippen LogP contribution is -2.40.